The van der Waals surface area contributed by atoms with Gasteiger partial charge in [-0.25, -0.2) is 8.78 Å². The molecule has 0 radical (unpaired) electrons. The van der Waals surface area contributed by atoms with Crippen molar-refractivity contribution >= 4 is 33.4 Å². The lowest BCUT2D eigenvalue weighted by Gasteiger charge is -2.05. The standard InChI is InChI=1S/C19H16F2N2O3S/c1-3-26-16(24)10-23-14-8-7-11(2)9-15(14)27-19(23)22-18(25)17-12(20)5-4-6-13(17)21/h4-9H,3,10H2,1-2H3. The van der Waals surface area contributed by atoms with Crippen LogP contribution in [0.3, 0.4) is 0 Å². The van der Waals surface area contributed by atoms with Crippen molar-refractivity contribution in [2.45, 2.75) is 20.4 Å². The van der Waals surface area contributed by atoms with Crippen LogP contribution in [0.4, 0.5) is 8.78 Å². The summed E-state index contributed by atoms with van der Waals surface area (Å²) in [5.41, 5.74) is 0.943. The summed E-state index contributed by atoms with van der Waals surface area (Å²) in [7, 11) is 0. The van der Waals surface area contributed by atoms with Crippen LogP contribution in [0.1, 0.15) is 22.8 Å². The van der Waals surface area contributed by atoms with Crippen LogP contribution in [-0.2, 0) is 16.1 Å². The van der Waals surface area contributed by atoms with Crippen LogP contribution in [0, 0.1) is 18.6 Å². The molecule has 0 bridgehead atoms. The smallest absolute Gasteiger partial charge is 0.326 e. The fourth-order valence-corrected chi connectivity index (χ4v) is 3.73. The zero-order valence-corrected chi connectivity index (χ0v) is 15.5. The number of aromatic nitrogens is 1. The molecule has 140 valence electrons. The Bertz CT molecular complexity index is 1080. The van der Waals surface area contributed by atoms with Gasteiger partial charge in [-0.3, -0.25) is 9.59 Å². The van der Waals surface area contributed by atoms with Crippen LogP contribution in [0.2, 0.25) is 0 Å². The lowest BCUT2D eigenvalue weighted by atomic mass is 10.2. The summed E-state index contributed by atoms with van der Waals surface area (Å²) in [5, 5.41) is 0. The quantitative estimate of drug-likeness (QED) is 0.640. The van der Waals surface area contributed by atoms with E-state index in [9.17, 15) is 18.4 Å². The average Bonchev–Trinajstić information content (AvgIpc) is 2.91. The number of carbonyl (C=O) groups is 2. The van der Waals surface area contributed by atoms with E-state index in [-0.39, 0.29) is 18.0 Å². The molecule has 27 heavy (non-hydrogen) atoms. The maximum Gasteiger partial charge on any atom is 0.326 e. The van der Waals surface area contributed by atoms with E-state index in [0.717, 1.165) is 33.7 Å². The van der Waals surface area contributed by atoms with Crippen molar-refractivity contribution in [3.8, 4) is 0 Å². The number of thiazole rings is 1. The first kappa shape index (κ1) is 18.9. The molecule has 0 aliphatic heterocycles. The third kappa shape index (κ3) is 3.95. The lowest BCUT2D eigenvalue weighted by Crippen LogP contribution is -2.23. The molecule has 0 aliphatic rings. The lowest BCUT2D eigenvalue weighted by molar-refractivity contribution is -0.143. The molecule has 0 unspecified atom stereocenters. The van der Waals surface area contributed by atoms with Gasteiger partial charge in [-0.05, 0) is 43.7 Å². The SMILES string of the molecule is CCOC(=O)Cn1c(=NC(=O)c2c(F)cccc2F)sc2cc(C)ccc21. The minimum atomic E-state index is -1.05. The fraction of sp³-hybridized carbons (Fsp3) is 0.211. The molecule has 0 saturated heterocycles. The van der Waals surface area contributed by atoms with Crippen LogP contribution in [-0.4, -0.2) is 23.1 Å². The van der Waals surface area contributed by atoms with E-state index in [1.807, 2.05) is 19.1 Å². The minimum Gasteiger partial charge on any atom is -0.465 e. The second-order valence-corrected chi connectivity index (χ2v) is 6.77. The molecule has 0 atom stereocenters. The third-order valence-electron chi connectivity index (χ3n) is 3.80. The van der Waals surface area contributed by atoms with Crippen LogP contribution in [0.15, 0.2) is 41.4 Å². The van der Waals surface area contributed by atoms with E-state index in [0.29, 0.717) is 5.52 Å². The summed E-state index contributed by atoms with van der Waals surface area (Å²) in [4.78, 5) is 28.4. The summed E-state index contributed by atoms with van der Waals surface area (Å²) in [5.74, 6) is -3.52. The van der Waals surface area contributed by atoms with Crippen molar-refractivity contribution in [1.82, 2.24) is 4.57 Å². The summed E-state index contributed by atoms with van der Waals surface area (Å²) in [6.45, 7) is 3.65. The first-order valence-electron chi connectivity index (χ1n) is 8.19. The summed E-state index contributed by atoms with van der Waals surface area (Å²) in [6.07, 6.45) is 0. The summed E-state index contributed by atoms with van der Waals surface area (Å²) >= 11 is 1.16. The molecular formula is C19H16F2N2O3S. The number of nitrogens with zero attached hydrogens (tertiary/aromatic N) is 2. The Morgan fingerprint density at radius 2 is 1.89 bits per heavy atom. The normalized spacial score (nSPS) is 11.8. The van der Waals surface area contributed by atoms with E-state index in [2.05, 4.69) is 4.99 Å². The molecule has 3 rings (SSSR count). The summed E-state index contributed by atoms with van der Waals surface area (Å²) in [6, 6.07) is 8.70. The number of rotatable bonds is 4. The van der Waals surface area contributed by atoms with Crippen molar-refractivity contribution in [2.24, 2.45) is 4.99 Å². The van der Waals surface area contributed by atoms with Crippen molar-refractivity contribution in [3.05, 3.63) is 64.0 Å². The second-order valence-electron chi connectivity index (χ2n) is 5.76. The molecule has 2 aromatic carbocycles. The number of aryl methyl sites for hydroxylation is 1. The zero-order chi connectivity index (χ0) is 19.6. The molecular weight excluding hydrogens is 374 g/mol. The van der Waals surface area contributed by atoms with Gasteiger partial charge in [0.25, 0.3) is 5.91 Å². The number of ether oxygens (including phenoxy) is 1. The van der Waals surface area contributed by atoms with Gasteiger partial charge in [0.15, 0.2) is 4.80 Å². The van der Waals surface area contributed by atoms with Crippen molar-refractivity contribution in [2.75, 3.05) is 6.61 Å². The van der Waals surface area contributed by atoms with E-state index in [1.54, 1.807) is 13.0 Å². The monoisotopic (exact) mass is 390 g/mol. The summed E-state index contributed by atoms with van der Waals surface area (Å²) < 4.78 is 35.0. The van der Waals surface area contributed by atoms with E-state index >= 15 is 0 Å². The van der Waals surface area contributed by atoms with Crippen LogP contribution in [0.25, 0.3) is 10.2 Å². The predicted octanol–water partition coefficient (Wildman–Crippen LogP) is 3.59. The van der Waals surface area contributed by atoms with Crippen LogP contribution >= 0.6 is 11.3 Å². The second kappa shape index (κ2) is 7.79. The molecule has 1 aromatic heterocycles. The molecule has 1 amide bonds. The van der Waals surface area contributed by atoms with Gasteiger partial charge in [-0.1, -0.05) is 23.5 Å². The van der Waals surface area contributed by atoms with Crippen LogP contribution in [0.5, 0.6) is 0 Å². The first-order chi connectivity index (χ1) is 12.9. The highest BCUT2D eigenvalue weighted by atomic mass is 32.1. The van der Waals surface area contributed by atoms with Crippen molar-refractivity contribution in [1.29, 1.82) is 0 Å². The van der Waals surface area contributed by atoms with Gasteiger partial charge >= 0.3 is 5.97 Å². The van der Waals surface area contributed by atoms with Gasteiger partial charge in [0.1, 0.15) is 23.7 Å². The van der Waals surface area contributed by atoms with Gasteiger partial charge in [-0.15, -0.1) is 0 Å². The Kier molecular flexibility index (Phi) is 5.46. The Morgan fingerprint density at radius 1 is 1.19 bits per heavy atom. The average molecular weight is 390 g/mol. The molecule has 8 heteroatoms. The Labute approximate surface area is 157 Å². The topological polar surface area (TPSA) is 60.7 Å². The number of esters is 1. The first-order valence-corrected chi connectivity index (χ1v) is 9.01. The van der Waals surface area contributed by atoms with Crippen molar-refractivity contribution in [3.63, 3.8) is 0 Å². The van der Waals surface area contributed by atoms with Crippen molar-refractivity contribution < 1.29 is 23.1 Å². The number of fused-ring (bicyclic) bond motifs is 1. The molecule has 5 nitrogen and oxygen atoms in total. The number of halogens is 2. The predicted molar refractivity (Wildman–Crippen MR) is 97.4 cm³/mol. The maximum atomic E-state index is 13.9. The third-order valence-corrected chi connectivity index (χ3v) is 4.85. The van der Waals surface area contributed by atoms with E-state index in [4.69, 9.17) is 4.74 Å². The molecule has 1 heterocycles. The van der Waals surface area contributed by atoms with Gasteiger partial charge in [0.2, 0.25) is 0 Å². The zero-order valence-electron chi connectivity index (χ0n) is 14.7. The van der Waals surface area contributed by atoms with E-state index in [1.165, 1.54) is 10.6 Å². The van der Waals surface area contributed by atoms with Gasteiger partial charge in [-0.2, -0.15) is 4.99 Å². The molecule has 0 N–H and O–H groups in total. The number of hydrogen-bond acceptors (Lipinski definition) is 4. The molecule has 0 spiro atoms. The van der Waals surface area contributed by atoms with Gasteiger partial charge < -0.3 is 9.30 Å². The molecule has 3 aromatic rings. The maximum absolute atomic E-state index is 13.9. The fourth-order valence-electron chi connectivity index (χ4n) is 2.60. The van der Waals surface area contributed by atoms with Crippen LogP contribution < -0.4 is 4.80 Å². The number of amides is 1. The molecule has 0 saturated carbocycles. The minimum absolute atomic E-state index is 0.163. The Hall–Kier alpha value is -2.87. The largest absolute Gasteiger partial charge is 0.465 e. The van der Waals surface area contributed by atoms with Gasteiger partial charge in [0, 0.05) is 0 Å². The number of benzene rings is 2. The number of hydrogen-bond donors (Lipinski definition) is 0. The highest BCUT2D eigenvalue weighted by molar-refractivity contribution is 7.16. The highest BCUT2D eigenvalue weighted by Crippen LogP contribution is 2.20. The number of carbonyl (C=O) groups excluding carboxylic acids is 2. The van der Waals surface area contributed by atoms with Gasteiger partial charge in [0.05, 0.1) is 16.8 Å². The van der Waals surface area contributed by atoms with E-state index < -0.39 is 29.1 Å². The Morgan fingerprint density at radius 3 is 2.56 bits per heavy atom. The Balaban J connectivity index is 2.16. The molecule has 0 fully saturated rings. The highest BCUT2D eigenvalue weighted by Gasteiger charge is 2.18. The molecule has 0 aliphatic carbocycles.